The molecule has 0 amide bonds. The topological polar surface area (TPSA) is 21.3 Å². The fraction of sp³-hybridized carbons (Fsp3) is 0.647. The Morgan fingerprint density at radius 1 is 1.26 bits per heavy atom. The first-order valence-corrected chi connectivity index (χ1v) is 7.50. The molecule has 0 spiro atoms. The van der Waals surface area contributed by atoms with Crippen LogP contribution in [0.1, 0.15) is 44.7 Å². The molecule has 0 heterocycles. The lowest BCUT2D eigenvalue weighted by atomic mass is 9.61. The highest BCUT2D eigenvalue weighted by Crippen LogP contribution is 2.45. The molecule has 3 unspecified atom stereocenters. The summed E-state index contributed by atoms with van der Waals surface area (Å²) in [6.07, 6.45) is 2.74. The standard InChI is InChI=1S/C17H27NO/c1-5-17(4)15(11-16(17)19-6-2)18-12-14-9-7-13(3)8-10-14/h7-10,15-16,18H,5-6,11-12H2,1-4H3. The second-order valence-electron chi connectivity index (χ2n) is 5.96. The normalized spacial score (nSPS) is 30.1. The molecular formula is C17H27NO. The van der Waals surface area contributed by atoms with Crippen LogP contribution in [0.5, 0.6) is 0 Å². The first-order valence-electron chi connectivity index (χ1n) is 7.50. The second-order valence-corrected chi connectivity index (χ2v) is 5.96. The molecule has 19 heavy (non-hydrogen) atoms. The lowest BCUT2D eigenvalue weighted by molar-refractivity contribution is -0.126. The Hall–Kier alpha value is -0.860. The summed E-state index contributed by atoms with van der Waals surface area (Å²) in [4.78, 5) is 0. The SMILES string of the molecule is CCOC1CC(NCc2ccc(C)cc2)C1(C)CC. The maximum atomic E-state index is 5.84. The van der Waals surface area contributed by atoms with Gasteiger partial charge >= 0.3 is 0 Å². The summed E-state index contributed by atoms with van der Waals surface area (Å²) in [7, 11) is 0. The smallest absolute Gasteiger partial charge is 0.0658 e. The van der Waals surface area contributed by atoms with Crippen molar-refractivity contribution < 1.29 is 4.74 Å². The minimum atomic E-state index is 0.292. The number of hydrogen-bond acceptors (Lipinski definition) is 2. The van der Waals surface area contributed by atoms with Crippen LogP contribution < -0.4 is 5.32 Å². The third-order valence-corrected chi connectivity index (χ3v) is 4.78. The van der Waals surface area contributed by atoms with E-state index in [4.69, 9.17) is 4.74 Å². The molecule has 0 aromatic heterocycles. The number of benzene rings is 1. The summed E-state index contributed by atoms with van der Waals surface area (Å²) in [6, 6.07) is 9.36. The zero-order chi connectivity index (χ0) is 13.9. The van der Waals surface area contributed by atoms with Crippen molar-refractivity contribution >= 4 is 0 Å². The van der Waals surface area contributed by atoms with E-state index in [1.54, 1.807) is 0 Å². The minimum absolute atomic E-state index is 0.292. The Morgan fingerprint density at radius 2 is 1.95 bits per heavy atom. The van der Waals surface area contributed by atoms with Crippen molar-refractivity contribution in [2.75, 3.05) is 6.61 Å². The molecule has 1 fully saturated rings. The average Bonchev–Trinajstić information content (AvgIpc) is 2.43. The molecule has 1 saturated carbocycles. The van der Waals surface area contributed by atoms with Crippen LogP contribution in [0, 0.1) is 12.3 Å². The lowest BCUT2D eigenvalue weighted by Crippen LogP contribution is -2.61. The molecule has 2 nitrogen and oxygen atoms in total. The zero-order valence-electron chi connectivity index (χ0n) is 12.7. The van der Waals surface area contributed by atoms with Crippen molar-refractivity contribution in [2.24, 2.45) is 5.41 Å². The molecule has 1 aliphatic rings. The van der Waals surface area contributed by atoms with E-state index in [9.17, 15) is 0 Å². The van der Waals surface area contributed by atoms with E-state index < -0.39 is 0 Å². The lowest BCUT2D eigenvalue weighted by Gasteiger charge is -2.53. The Morgan fingerprint density at radius 3 is 2.53 bits per heavy atom. The first-order chi connectivity index (χ1) is 9.10. The van der Waals surface area contributed by atoms with Crippen LogP contribution in [0.25, 0.3) is 0 Å². The summed E-state index contributed by atoms with van der Waals surface area (Å²) in [5.74, 6) is 0. The van der Waals surface area contributed by atoms with Crippen LogP contribution in [0.4, 0.5) is 0 Å². The van der Waals surface area contributed by atoms with Crippen LogP contribution in [-0.2, 0) is 11.3 Å². The molecule has 0 bridgehead atoms. The van der Waals surface area contributed by atoms with Gasteiger partial charge in [-0.1, -0.05) is 43.7 Å². The molecule has 0 saturated heterocycles. The fourth-order valence-electron chi connectivity index (χ4n) is 3.01. The van der Waals surface area contributed by atoms with E-state index in [1.165, 1.54) is 17.5 Å². The van der Waals surface area contributed by atoms with Gasteiger partial charge in [-0.15, -0.1) is 0 Å². The molecule has 2 heteroatoms. The largest absolute Gasteiger partial charge is 0.378 e. The van der Waals surface area contributed by atoms with E-state index in [0.717, 1.165) is 19.6 Å². The molecule has 1 aliphatic carbocycles. The molecule has 0 aliphatic heterocycles. The zero-order valence-corrected chi connectivity index (χ0v) is 12.7. The van der Waals surface area contributed by atoms with Crippen LogP contribution in [-0.4, -0.2) is 18.8 Å². The Labute approximate surface area is 117 Å². The van der Waals surface area contributed by atoms with Crippen molar-refractivity contribution in [3.63, 3.8) is 0 Å². The van der Waals surface area contributed by atoms with Gasteiger partial charge in [-0.05, 0) is 32.3 Å². The molecule has 1 aromatic carbocycles. The van der Waals surface area contributed by atoms with E-state index in [-0.39, 0.29) is 0 Å². The van der Waals surface area contributed by atoms with Crippen LogP contribution in [0.3, 0.4) is 0 Å². The highest BCUT2D eigenvalue weighted by atomic mass is 16.5. The number of nitrogens with one attached hydrogen (secondary N) is 1. The highest BCUT2D eigenvalue weighted by Gasteiger charge is 2.50. The third kappa shape index (κ3) is 3.01. The second kappa shape index (κ2) is 6.06. The Balaban J connectivity index is 1.88. The van der Waals surface area contributed by atoms with Gasteiger partial charge in [-0.25, -0.2) is 0 Å². The number of ether oxygens (including phenoxy) is 1. The van der Waals surface area contributed by atoms with Crippen molar-refractivity contribution in [2.45, 2.75) is 59.2 Å². The van der Waals surface area contributed by atoms with Crippen molar-refractivity contribution in [3.05, 3.63) is 35.4 Å². The van der Waals surface area contributed by atoms with Crippen molar-refractivity contribution in [1.82, 2.24) is 5.32 Å². The van der Waals surface area contributed by atoms with Gasteiger partial charge < -0.3 is 10.1 Å². The fourth-order valence-corrected chi connectivity index (χ4v) is 3.01. The van der Waals surface area contributed by atoms with Gasteiger partial charge in [0.2, 0.25) is 0 Å². The summed E-state index contributed by atoms with van der Waals surface area (Å²) >= 11 is 0. The molecular weight excluding hydrogens is 234 g/mol. The number of rotatable bonds is 6. The van der Waals surface area contributed by atoms with E-state index >= 15 is 0 Å². The molecule has 106 valence electrons. The van der Waals surface area contributed by atoms with Crippen LogP contribution >= 0.6 is 0 Å². The van der Waals surface area contributed by atoms with Gasteiger partial charge in [0.15, 0.2) is 0 Å². The van der Waals surface area contributed by atoms with Gasteiger partial charge in [-0.2, -0.15) is 0 Å². The van der Waals surface area contributed by atoms with Gasteiger partial charge in [0, 0.05) is 24.6 Å². The van der Waals surface area contributed by atoms with Crippen LogP contribution in [0.15, 0.2) is 24.3 Å². The molecule has 2 rings (SSSR count). The summed E-state index contributed by atoms with van der Waals surface area (Å²) in [5, 5.41) is 3.70. The predicted octanol–water partition coefficient (Wildman–Crippen LogP) is 3.68. The van der Waals surface area contributed by atoms with Crippen molar-refractivity contribution in [3.8, 4) is 0 Å². The maximum absolute atomic E-state index is 5.84. The highest BCUT2D eigenvalue weighted by molar-refractivity contribution is 5.21. The van der Waals surface area contributed by atoms with Crippen molar-refractivity contribution in [1.29, 1.82) is 0 Å². The van der Waals surface area contributed by atoms with Gasteiger partial charge in [-0.3, -0.25) is 0 Å². The quantitative estimate of drug-likeness (QED) is 0.843. The Kier molecular flexibility index (Phi) is 4.64. The monoisotopic (exact) mass is 261 g/mol. The molecule has 3 atom stereocenters. The third-order valence-electron chi connectivity index (χ3n) is 4.78. The number of hydrogen-bond donors (Lipinski definition) is 1. The van der Waals surface area contributed by atoms with E-state index in [2.05, 4.69) is 57.3 Å². The molecule has 0 radical (unpaired) electrons. The molecule has 1 N–H and O–H groups in total. The minimum Gasteiger partial charge on any atom is -0.378 e. The summed E-state index contributed by atoms with van der Waals surface area (Å²) in [6.45, 7) is 10.6. The maximum Gasteiger partial charge on any atom is 0.0658 e. The average molecular weight is 261 g/mol. The van der Waals surface area contributed by atoms with Gasteiger partial charge in [0.25, 0.3) is 0 Å². The van der Waals surface area contributed by atoms with E-state index in [1.807, 2.05) is 0 Å². The first kappa shape index (κ1) is 14.5. The van der Waals surface area contributed by atoms with E-state index in [0.29, 0.717) is 17.6 Å². The predicted molar refractivity (Wildman–Crippen MR) is 80.2 cm³/mol. The number of aryl methyl sites for hydroxylation is 1. The Bertz CT molecular complexity index is 400. The summed E-state index contributed by atoms with van der Waals surface area (Å²) < 4.78 is 5.84. The van der Waals surface area contributed by atoms with Crippen LogP contribution in [0.2, 0.25) is 0 Å². The summed E-state index contributed by atoms with van der Waals surface area (Å²) in [5.41, 5.74) is 2.98. The van der Waals surface area contributed by atoms with Gasteiger partial charge in [0.05, 0.1) is 6.10 Å². The van der Waals surface area contributed by atoms with Gasteiger partial charge in [0.1, 0.15) is 0 Å². The molecule has 1 aromatic rings.